The molecule has 0 fully saturated rings. The molecule has 0 bridgehead atoms. The number of thiazole rings is 1. The van der Waals surface area contributed by atoms with Crippen molar-refractivity contribution in [3.05, 3.63) is 58.1 Å². The van der Waals surface area contributed by atoms with Gasteiger partial charge in [0.1, 0.15) is 12.4 Å². The van der Waals surface area contributed by atoms with Crippen molar-refractivity contribution in [3.8, 4) is 0 Å². The number of hydrogen-bond donors (Lipinski definition) is 0. The van der Waals surface area contributed by atoms with Gasteiger partial charge in [-0.1, -0.05) is 11.3 Å². The average Bonchev–Trinajstić information content (AvgIpc) is 2.91. The van der Waals surface area contributed by atoms with Gasteiger partial charge in [-0.2, -0.15) is 8.42 Å². The van der Waals surface area contributed by atoms with Crippen molar-refractivity contribution in [2.24, 2.45) is 4.40 Å². The third-order valence-corrected chi connectivity index (χ3v) is 6.56. The van der Waals surface area contributed by atoms with E-state index in [1.165, 1.54) is 11.7 Å². The summed E-state index contributed by atoms with van der Waals surface area (Å²) in [6.07, 6.45) is 0. The molecule has 3 rings (SSSR count). The van der Waals surface area contributed by atoms with Crippen LogP contribution in [0.3, 0.4) is 0 Å². The minimum absolute atomic E-state index is 0.127. The molecule has 1 aromatic heterocycles. The average molecular weight is 408 g/mol. The molecule has 0 aliphatic heterocycles. The fourth-order valence-corrected chi connectivity index (χ4v) is 4.81. The highest BCUT2D eigenvalue weighted by molar-refractivity contribution is 7.90. The van der Waals surface area contributed by atoms with Crippen LogP contribution in [0.4, 0.5) is 4.39 Å². The van der Waals surface area contributed by atoms with Crippen LogP contribution in [0.5, 0.6) is 0 Å². The van der Waals surface area contributed by atoms with Crippen molar-refractivity contribution in [1.29, 1.82) is 0 Å². The van der Waals surface area contributed by atoms with Crippen LogP contribution >= 0.6 is 11.3 Å². The van der Waals surface area contributed by atoms with Crippen LogP contribution in [0.2, 0.25) is 0 Å². The van der Waals surface area contributed by atoms with E-state index in [4.69, 9.17) is 4.74 Å². The number of ether oxygens (including phenoxy) is 1. The molecule has 0 saturated heterocycles. The zero-order valence-electron chi connectivity index (χ0n) is 14.9. The maximum atomic E-state index is 13.1. The Labute approximate surface area is 159 Å². The number of sulfonamides is 1. The van der Waals surface area contributed by atoms with E-state index in [2.05, 4.69) is 4.40 Å². The van der Waals surface area contributed by atoms with Crippen molar-refractivity contribution in [1.82, 2.24) is 4.57 Å². The van der Waals surface area contributed by atoms with Gasteiger partial charge in [-0.3, -0.25) is 4.79 Å². The zero-order chi connectivity index (χ0) is 19.8. The number of fused-ring (bicyclic) bond motifs is 1. The largest absolute Gasteiger partial charge is 0.468 e. The Hall–Kier alpha value is -2.52. The van der Waals surface area contributed by atoms with Crippen LogP contribution in [-0.4, -0.2) is 26.1 Å². The van der Waals surface area contributed by atoms with Gasteiger partial charge in [-0.15, -0.1) is 4.40 Å². The van der Waals surface area contributed by atoms with E-state index in [0.717, 1.165) is 51.4 Å². The Morgan fingerprint density at radius 1 is 1.19 bits per heavy atom. The number of carbonyl (C=O) groups excluding carboxylic acids is 1. The zero-order valence-corrected chi connectivity index (χ0v) is 16.5. The van der Waals surface area contributed by atoms with Crippen LogP contribution < -0.4 is 4.80 Å². The highest BCUT2D eigenvalue weighted by Gasteiger charge is 2.17. The number of hydrogen-bond acceptors (Lipinski definition) is 5. The quantitative estimate of drug-likeness (QED) is 0.622. The first kappa shape index (κ1) is 19.2. The third-order valence-electron chi connectivity index (χ3n) is 4.12. The van der Waals surface area contributed by atoms with Crippen LogP contribution in [0, 0.1) is 19.7 Å². The Balaban J connectivity index is 2.25. The van der Waals surface area contributed by atoms with Gasteiger partial charge in [0.15, 0.2) is 0 Å². The summed E-state index contributed by atoms with van der Waals surface area (Å²) < 4.78 is 49.3. The molecule has 3 aromatic rings. The smallest absolute Gasteiger partial charge is 0.325 e. The van der Waals surface area contributed by atoms with Crippen LogP contribution in [0.1, 0.15) is 11.1 Å². The first-order chi connectivity index (χ1) is 12.7. The van der Waals surface area contributed by atoms with Gasteiger partial charge < -0.3 is 9.30 Å². The van der Waals surface area contributed by atoms with E-state index >= 15 is 0 Å². The lowest BCUT2D eigenvalue weighted by molar-refractivity contribution is -0.141. The molecule has 9 heteroatoms. The molecule has 0 atom stereocenters. The number of nitrogens with zero attached hydrogens (tertiary/aromatic N) is 2. The molecule has 0 unspecified atom stereocenters. The number of aromatic nitrogens is 1. The summed E-state index contributed by atoms with van der Waals surface area (Å²) in [6, 6.07) is 8.23. The molecule has 142 valence electrons. The van der Waals surface area contributed by atoms with E-state index in [0.29, 0.717) is 5.52 Å². The minimum Gasteiger partial charge on any atom is -0.468 e. The number of halogens is 1. The summed E-state index contributed by atoms with van der Waals surface area (Å²) >= 11 is 1.16. The predicted molar refractivity (Wildman–Crippen MR) is 100 cm³/mol. The van der Waals surface area contributed by atoms with Gasteiger partial charge in [0.25, 0.3) is 10.0 Å². The highest BCUT2D eigenvalue weighted by atomic mass is 32.2. The van der Waals surface area contributed by atoms with E-state index in [1.54, 1.807) is 0 Å². The molecule has 0 aliphatic rings. The first-order valence-electron chi connectivity index (χ1n) is 7.95. The summed E-state index contributed by atoms with van der Waals surface area (Å²) in [5.74, 6) is -1.06. The summed E-state index contributed by atoms with van der Waals surface area (Å²) in [6.45, 7) is 3.71. The lowest BCUT2D eigenvalue weighted by Gasteiger charge is -2.06. The third kappa shape index (κ3) is 3.93. The van der Waals surface area contributed by atoms with Crippen molar-refractivity contribution in [3.63, 3.8) is 0 Å². The monoisotopic (exact) mass is 408 g/mol. The lowest BCUT2D eigenvalue weighted by atomic mass is 10.1. The molecule has 0 aliphatic carbocycles. The molecule has 0 saturated carbocycles. The van der Waals surface area contributed by atoms with Crippen molar-refractivity contribution < 1.29 is 22.3 Å². The van der Waals surface area contributed by atoms with Crippen molar-refractivity contribution >= 4 is 37.5 Å². The van der Waals surface area contributed by atoms with Crippen LogP contribution in [-0.2, 0) is 26.1 Å². The highest BCUT2D eigenvalue weighted by Crippen LogP contribution is 2.23. The fourth-order valence-electron chi connectivity index (χ4n) is 2.50. The predicted octanol–water partition coefficient (Wildman–Crippen LogP) is 2.92. The second kappa shape index (κ2) is 7.24. The standard InChI is InChI=1S/C18H17FN2O4S2/c1-11-8-15-16(9-12(11)2)26-18(21(15)10-17(22)25-3)20-27(23,24)14-6-4-13(19)5-7-14/h4-9H,10H2,1-3H3. The Kier molecular flexibility index (Phi) is 5.16. The summed E-state index contributed by atoms with van der Waals surface area (Å²) in [5, 5.41) is 0. The number of benzene rings is 2. The van der Waals surface area contributed by atoms with E-state index in [9.17, 15) is 17.6 Å². The summed E-state index contributed by atoms with van der Waals surface area (Å²) in [7, 11) is -2.80. The Morgan fingerprint density at radius 3 is 2.44 bits per heavy atom. The topological polar surface area (TPSA) is 77.7 Å². The molecule has 0 amide bonds. The maximum absolute atomic E-state index is 13.1. The van der Waals surface area contributed by atoms with Gasteiger partial charge in [0.2, 0.25) is 4.80 Å². The van der Waals surface area contributed by atoms with Crippen molar-refractivity contribution in [2.45, 2.75) is 25.3 Å². The number of rotatable bonds is 4. The molecule has 27 heavy (non-hydrogen) atoms. The molecule has 1 heterocycles. The molecule has 0 N–H and O–H groups in total. The molecule has 2 aromatic carbocycles. The lowest BCUT2D eigenvalue weighted by Crippen LogP contribution is -2.22. The molecular formula is C18H17FN2O4S2. The Morgan fingerprint density at radius 2 is 1.81 bits per heavy atom. The summed E-state index contributed by atoms with van der Waals surface area (Å²) in [5.41, 5.74) is 2.75. The number of carbonyl (C=O) groups is 1. The second-order valence-corrected chi connectivity index (χ2v) is 8.58. The Bertz CT molecular complexity index is 1190. The number of aryl methyl sites for hydroxylation is 2. The van der Waals surface area contributed by atoms with Crippen LogP contribution in [0.15, 0.2) is 45.7 Å². The van der Waals surface area contributed by atoms with E-state index < -0.39 is 21.8 Å². The van der Waals surface area contributed by atoms with Crippen LogP contribution in [0.25, 0.3) is 10.2 Å². The molecule has 0 radical (unpaired) electrons. The first-order valence-corrected chi connectivity index (χ1v) is 10.2. The van der Waals surface area contributed by atoms with Gasteiger partial charge in [-0.25, -0.2) is 4.39 Å². The number of esters is 1. The van der Waals surface area contributed by atoms with Gasteiger partial charge in [-0.05, 0) is 61.4 Å². The van der Waals surface area contributed by atoms with Crippen molar-refractivity contribution in [2.75, 3.05) is 7.11 Å². The molecule has 0 spiro atoms. The minimum atomic E-state index is -4.07. The van der Waals surface area contributed by atoms with E-state index in [1.807, 2.05) is 26.0 Å². The second-order valence-electron chi connectivity index (χ2n) is 5.97. The summed E-state index contributed by atoms with van der Waals surface area (Å²) in [4.78, 5) is 11.8. The normalized spacial score (nSPS) is 12.5. The number of methoxy groups -OCH3 is 1. The van der Waals surface area contributed by atoms with E-state index in [-0.39, 0.29) is 16.2 Å². The molecular weight excluding hydrogens is 391 g/mol. The van der Waals surface area contributed by atoms with Gasteiger partial charge >= 0.3 is 5.97 Å². The van der Waals surface area contributed by atoms with Gasteiger partial charge in [0, 0.05) is 0 Å². The SMILES string of the molecule is COC(=O)Cn1c(=NS(=O)(=O)c2ccc(F)cc2)sc2cc(C)c(C)cc21. The van der Waals surface area contributed by atoms with Gasteiger partial charge in [0.05, 0.1) is 22.2 Å². The maximum Gasteiger partial charge on any atom is 0.325 e. The fraction of sp³-hybridized carbons (Fsp3) is 0.222. The molecule has 6 nitrogen and oxygen atoms in total.